The number of benzene rings is 6. The fraction of sp³-hybridized carbons (Fsp3) is 0.226. The van der Waals surface area contributed by atoms with Gasteiger partial charge in [0.2, 0.25) is 6.08 Å². The largest absolute Gasteiger partial charge is 0.508 e. The van der Waals surface area contributed by atoms with E-state index in [9.17, 15) is 39.0 Å². The Morgan fingerprint density at radius 2 is 0.787 bits per heavy atom. The standard InChI is InChI=1S/C34H36N2O8.C20H18O2.C7H9NO3.CH4.BH.U/c1-23(2)30(37)41-21-19-35-32(39)43-28-15-11-26(12-16-28)34(5,25-9-7-6-8-10-25)27-13-17-29(18-14-27)44-33(40)36-20-22-42-31(38)24(3)4;1-20(15-5-3-2-4-6-15,16-7-11-18(21)12-8-16)17-9-13-19(22)14-10-17;1-6(2)7(10)11-4-3-8-5-9;;;/h6-18H,1,3,19-22H2,2,4-5H3,(H,35,39)(H,36,40);2-14,21-22H,1H3;1,3-4H2,2H3;1H4;1H;/i;;;;1D;. The minimum Gasteiger partial charge on any atom is -0.508 e. The number of carbonyl (C=O) groups is 5. The minimum absolute atomic E-state index is 0. The molecule has 0 saturated heterocycles. The topological polar surface area (TPSA) is 225 Å². The molecule has 0 bridgehead atoms. The molecule has 0 saturated carbocycles. The average Bonchev–Trinajstić information content (AvgIpc) is 3.65. The molecule has 2 radical (unpaired) electrons. The van der Waals surface area contributed by atoms with Crippen LogP contribution in [-0.4, -0.2) is 95.6 Å². The summed E-state index contributed by atoms with van der Waals surface area (Å²) in [6.45, 7) is 19.7. The van der Waals surface area contributed by atoms with Crippen LogP contribution in [-0.2, 0) is 44.2 Å². The van der Waals surface area contributed by atoms with Gasteiger partial charge in [0.1, 0.15) is 42.8 Å². The molecule has 0 aliphatic rings. The van der Waals surface area contributed by atoms with Crippen LogP contribution in [0.3, 0.4) is 0 Å². The van der Waals surface area contributed by atoms with Crippen molar-refractivity contribution < 1.29 is 93.8 Å². The quantitative estimate of drug-likeness (QED) is 0.00817. The summed E-state index contributed by atoms with van der Waals surface area (Å²) in [7, 11) is 3.75. The van der Waals surface area contributed by atoms with Crippen LogP contribution in [0.2, 0.25) is 0 Å². The molecule has 0 fully saturated rings. The van der Waals surface area contributed by atoms with Gasteiger partial charge in [0.05, 0.1) is 19.6 Å². The molecule has 2 amide bonds. The van der Waals surface area contributed by atoms with E-state index in [1.54, 1.807) is 69.3 Å². The van der Waals surface area contributed by atoms with E-state index in [2.05, 4.69) is 74.5 Å². The summed E-state index contributed by atoms with van der Waals surface area (Å²) in [5, 5.41) is 24.2. The van der Waals surface area contributed by atoms with E-state index in [-0.39, 0.29) is 106 Å². The second kappa shape index (κ2) is 35.2. The maximum absolute atomic E-state index is 12.2. The van der Waals surface area contributed by atoms with E-state index in [0.717, 1.165) is 33.4 Å². The number of nitrogens with one attached hydrogen (secondary N) is 2. The summed E-state index contributed by atoms with van der Waals surface area (Å²) < 4.78 is 30.5. The van der Waals surface area contributed by atoms with Crippen LogP contribution in [0.25, 0.3) is 0 Å². The number of esters is 3. The molecule has 0 atom stereocenters. The first kappa shape index (κ1) is 67.7. The van der Waals surface area contributed by atoms with Crippen LogP contribution in [0, 0.1) is 31.1 Å². The summed E-state index contributed by atoms with van der Waals surface area (Å²) in [6.07, 6.45) is -0.0247. The van der Waals surface area contributed by atoms with E-state index in [1.165, 1.54) is 6.08 Å². The predicted octanol–water partition coefficient (Wildman–Crippen LogP) is 10.3. The van der Waals surface area contributed by atoms with Crippen LogP contribution in [0.15, 0.2) is 199 Å². The third-order valence-electron chi connectivity index (χ3n) is 11.6. The molecule has 80 heavy (non-hydrogen) atoms. The molecule has 0 unspecified atom stereocenters. The average molecular weight is 1310 g/mol. The predicted molar refractivity (Wildman–Crippen MR) is 305 cm³/mol. The zero-order valence-corrected chi connectivity index (χ0v) is 48.9. The van der Waals surface area contributed by atoms with E-state index in [0.29, 0.717) is 17.1 Å². The van der Waals surface area contributed by atoms with Crippen LogP contribution in [0.5, 0.6) is 23.0 Å². The van der Waals surface area contributed by atoms with Gasteiger partial charge in [-0.15, -0.1) is 0 Å². The van der Waals surface area contributed by atoms with E-state index in [4.69, 9.17) is 20.3 Å². The van der Waals surface area contributed by atoms with Crippen molar-refractivity contribution in [3.63, 3.8) is 0 Å². The Morgan fingerprint density at radius 1 is 0.512 bits per heavy atom. The summed E-state index contributed by atoms with van der Waals surface area (Å²) in [6, 6.07) is 49.0. The number of rotatable bonds is 20. The van der Waals surface area contributed by atoms with Gasteiger partial charge < -0.3 is 44.5 Å². The number of phenols is 2. The van der Waals surface area contributed by atoms with Crippen LogP contribution < -0.4 is 20.1 Å². The number of hydrogen-bond donors (Lipinski definition) is 4. The second-order valence-corrected chi connectivity index (χ2v) is 17.5. The van der Waals surface area contributed by atoms with Gasteiger partial charge in [-0.05, 0) is 118 Å². The molecular formula is C62H68BN3O13U. The smallest absolute Gasteiger partial charge is 0.412 e. The zero-order chi connectivity index (χ0) is 58.4. The number of aliphatic imine (C=N–C) groups is 1. The number of hydrogen-bond acceptors (Lipinski definition) is 14. The Hall–Kier alpha value is -8.41. The molecule has 6 rings (SSSR count). The molecule has 0 aromatic heterocycles. The van der Waals surface area contributed by atoms with Crippen molar-refractivity contribution in [3.8, 4) is 23.0 Å². The summed E-state index contributed by atoms with van der Waals surface area (Å²) in [5.41, 5.74) is 6.13. The van der Waals surface area contributed by atoms with Crippen LogP contribution >= 0.6 is 0 Å². The van der Waals surface area contributed by atoms with E-state index >= 15 is 0 Å². The number of carbonyl (C=O) groups excluding carboxylic acids is 6. The van der Waals surface area contributed by atoms with Gasteiger partial charge in [0.15, 0.2) is 0 Å². The van der Waals surface area contributed by atoms with Gasteiger partial charge in [0.25, 0.3) is 0 Å². The molecular weight excluding hydrogens is 1240 g/mol. The normalized spacial score (nSPS) is 10.1. The molecule has 0 aliphatic carbocycles. The first-order chi connectivity index (χ1) is 37.8. The van der Waals surface area contributed by atoms with Gasteiger partial charge in [-0.2, -0.15) is 0 Å². The van der Waals surface area contributed by atoms with Crippen molar-refractivity contribution in [3.05, 3.63) is 228 Å². The molecule has 18 heteroatoms. The van der Waals surface area contributed by atoms with Crippen LogP contribution in [0.1, 0.15) is 75.4 Å². The van der Waals surface area contributed by atoms with Crippen molar-refractivity contribution in [2.75, 3.05) is 39.5 Å². The van der Waals surface area contributed by atoms with Gasteiger partial charge in [-0.1, -0.05) is 136 Å². The molecule has 0 spiro atoms. The first-order valence-corrected chi connectivity index (χ1v) is 24.1. The maximum Gasteiger partial charge on any atom is 0.412 e. The third-order valence-corrected chi connectivity index (χ3v) is 11.6. The number of ether oxygens (including phenoxy) is 5. The number of aromatic hydroxyl groups is 2. The Labute approximate surface area is 495 Å². The van der Waals surface area contributed by atoms with Gasteiger partial charge >= 0.3 is 30.1 Å². The Kier molecular flexibility index (Phi) is 29.8. The molecule has 416 valence electrons. The van der Waals surface area contributed by atoms with Gasteiger partial charge in [-0.25, -0.2) is 33.8 Å². The number of isocyanates is 1. The van der Waals surface area contributed by atoms with Crippen molar-refractivity contribution in [2.45, 2.75) is 52.9 Å². The summed E-state index contributed by atoms with van der Waals surface area (Å²) in [4.78, 5) is 70.6. The van der Waals surface area contributed by atoms with Gasteiger partial charge in [0, 0.05) is 67.0 Å². The zero-order valence-electron chi connectivity index (χ0n) is 45.8. The number of phenolic OH excluding ortho intramolecular Hbond substituents is 2. The number of amides is 2. The molecule has 6 aromatic rings. The van der Waals surface area contributed by atoms with E-state index < -0.39 is 35.5 Å². The van der Waals surface area contributed by atoms with Crippen LogP contribution in [0.4, 0.5) is 9.59 Å². The van der Waals surface area contributed by atoms with Crippen molar-refractivity contribution in [1.82, 2.24) is 10.6 Å². The third kappa shape index (κ3) is 21.4. The van der Waals surface area contributed by atoms with E-state index in [1.807, 2.05) is 97.1 Å². The molecule has 0 aliphatic heterocycles. The summed E-state index contributed by atoms with van der Waals surface area (Å²) in [5.74, 6) is -0.336. The fourth-order valence-corrected chi connectivity index (χ4v) is 7.32. The maximum atomic E-state index is 12.2. The van der Waals surface area contributed by atoms with Crippen molar-refractivity contribution in [2.24, 2.45) is 4.99 Å². The number of nitrogens with zero attached hydrogens (tertiary/aromatic N) is 1. The Bertz CT molecular complexity index is 2880. The Balaban J connectivity index is 0.000000731. The fourth-order valence-electron chi connectivity index (χ4n) is 7.32. The second-order valence-electron chi connectivity index (χ2n) is 17.5. The van der Waals surface area contributed by atoms with Gasteiger partial charge in [-0.3, -0.25) is 0 Å². The van der Waals surface area contributed by atoms with Crippen molar-refractivity contribution in [1.29, 1.82) is 1.34 Å². The summed E-state index contributed by atoms with van der Waals surface area (Å²) >= 11 is 0. The molecule has 0 heterocycles. The first-order valence-electron chi connectivity index (χ1n) is 24.7. The monoisotopic (exact) mass is 1310 g/mol. The molecule has 6 aromatic carbocycles. The molecule has 4 N–H and O–H groups in total. The SMILES string of the molecule is C.C=C(C)C(=O)OCCN=C=O.C=C(C)C(=O)OCCNC(=O)Oc1ccc(C(C)(c2ccccc2)c2ccc(OC(=O)NCCOC(=O)C(=C)C)cc2)cc1.CC(c1ccccc1)(c1ccc(O)cc1)c1ccc(O)cc1.[2H][B].[U]. The minimum atomic E-state index is -0.678. The molecule has 16 nitrogen and oxygen atoms in total. The van der Waals surface area contributed by atoms with Crippen molar-refractivity contribution >= 4 is 44.6 Å². The Morgan fingerprint density at radius 3 is 1.07 bits per heavy atom.